The number of H-pyrrole nitrogens is 1. The Kier molecular flexibility index (Phi) is 3.65. The Morgan fingerprint density at radius 1 is 1.29 bits per heavy atom. The number of nitrogens with one attached hydrogen (secondary N) is 1. The van der Waals surface area contributed by atoms with E-state index in [0.717, 1.165) is 5.56 Å². The van der Waals surface area contributed by atoms with Gasteiger partial charge in [-0.15, -0.1) is 0 Å². The molecule has 1 aromatic carbocycles. The van der Waals surface area contributed by atoms with Crippen LogP contribution < -0.4 is 4.74 Å². The molecule has 2 aromatic heterocycles. The zero-order valence-corrected chi connectivity index (χ0v) is 13.1. The number of nitrogens with zero attached hydrogens (tertiary/aromatic N) is 3. The molecule has 0 aliphatic heterocycles. The van der Waals surface area contributed by atoms with E-state index in [1.807, 2.05) is 28.8 Å². The lowest BCUT2D eigenvalue weighted by Gasteiger charge is -2.14. The maximum absolute atomic E-state index is 5.94. The number of methoxy groups -OCH3 is 1. The molecule has 1 unspecified atom stereocenters. The van der Waals surface area contributed by atoms with E-state index in [1.165, 1.54) is 6.33 Å². The molecule has 21 heavy (non-hydrogen) atoms. The summed E-state index contributed by atoms with van der Waals surface area (Å²) in [7, 11) is 1.57. The van der Waals surface area contributed by atoms with Crippen molar-refractivity contribution in [2.45, 2.75) is 13.0 Å². The first kappa shape index (κ1) is 14.0. The Bertz CT molecular complexity index is 840. The zero-order chi connectivity index (χ0) is 15.0. The number of hydrogen-bond acceptors (Lipinski definition) is 4. The van der Waals surface area contributed by atoms with Gasteiger partial charge in [-0.25, -0.2) is 4.98 Å². The fraction of sp³-hybridized carbons (Fsp3) is 0.214. The highest BCUT2D eigenvalue weighted by atomic mass is 35.5. The van der Waals surface area contributed by atoms with Gasteiger partial charge in [0.05, 0.1) is 13.2 Å². The molecule has 1 N–H and O–H groups in total. The van der Waals surface area contributed by atoms with Gasteiger partial charge in [-0.05, 0) is 36.8 Å². The molecule has 0 radical (unpaired) electrons. The Morgan fingerprint density at radius 3 is 2.67 bits per heavy atom. The number of imidazole rings is 1. The fourth-order valence-corrected chi connectivity index (χ4v) is 2.79. The summed E-state index contributed by atoms with van der Waals surface area (Å²) < 4.78 is 7.76. The largest absolute Gasteiger partial charge is 0.479 e. The molecule has 3 aromatic rings. The van der Waals surface area contributed by atoms with Crippen LogP contribution in [0.2, 0.25) is 5.02 Å². The van der Waals surface area contributed by atoms with E-state index < -0.39 is 0 Å². The van der Waals surface area contributed by atoms with Crippen LogP contribution in [0.25, 0.3) is 11.2 Å². The van der Waals surface area contributed by atoms with Crippen molar-refractivity contribution in [2.75, 3.05) is 7.11 Å². The highest BCUT2D eigenvalue weighted by Crippen LogP contribution is 2.27. The Labute approximate surface area is 131 Å². The average molecular weight is 321 g/mol. The van der Waals surface area contributed by atoms with Crippen molar-refractivity contribution in [2.24, 2.45) is 0 Å². The van der Waals surface area contributed by atoms with Gasteiger partial charge >= 0.3 is 0 Å². The number of ether oxygens (including phenoxy) is 1. The first-order chi connectivity index (χ1) is 10.1. The zero-order valence-electron chi connectivity index (χ0n) is 11.5. The summed E-state index contributed by atoms with van der Waals surface area (Å²) >= 11 is 11.4. The van der Waals surface area contributed by atoms with Gasteiger partial charge in [-0.3, -0.25) is 4.57 Å². The van der Waals surface area contributed by atoms with Crippen LogP contribution in [0.1, 0.15) is 18.5 Å². The first-order valence-electron chi connectivity index (χ1n) is 6.36. The predicted molar refractivity (Wildman–Crippen MR) is 84.5 cm³/mol. The van der Waals surface area contributed by atoms with Crippen LogP contribution in [0.3, 0.4) is 0 Å². The van der Waals surface area contributed by atoms with Gasteiger partial charge in [0.15, 0.2) is 10.4 Å². The van der Waals surface area contributed by atoms with Crippen LogP contribution in [0.5, 0.6) is 5.88 Å². The van der Waals surface area contributed by atoms with E-state index in [0.29, 0.717) is 26.8 Å². The standard InChI is InChI=1S/C14H13ClN4OS/c1-8(9-3-5-10(15)6-4-9)19-12-11(18-14(19)21)13(20-2)17-7-16-12/h3-8H,1-2H3,(H,18,21). The molecule has 0 saturated carbocycles. The minimum atomic E-state index is 0.0168. The Morgan fingerprint density at radius 2 is 2.00 bits per heavy atom. The van der Waals surface area contributed by atoms with E-state index in [2.05, 4.69) is 21.9 Å². The minimum Gasteiger partial charge on any atom is -0.479 e. The van der Waals surface area contributed by atoms with Gasteiger partial charge < -0.3 is 9.72 Å². The Balaban J connectivity index is 2.18. The third kappa shape index (κ3) is 2.41. The van der Waals surface area contributed by atoms with Crippen molar-refractivity contribution in [1.82, 2.24) is 19.5 Å². The molecule has 0 bridgehead atoms. The van der Waals surface area contributed by atoms with Crippen molar-refractivity contribution in [3.8, 4) is 5.88 Å². The summed E-state index contributed by atoms with van der Waals surface area (Å²) in [5.74, 6) is 0.480. The predicted octanol–water partition coefficient (Wildman–Crippen LogP) is 3.76. The van der Waals surface area contributed by atoms with Gasteiger partial charge in [0.1, 0.15) is 11.8 Å². The maximum Gasteiger partial charge on any atom is 0.242 e. The molecule has 0 fully saturated rings. The monoisotopic (exact) mass is 320 g/mol. The summed E-state index contributed by atoms with van der Waals surface area (Å²) in [6.07, 6.45) is 1.47. The van der Waals surface area contributed by atoms with Crippen LogP contribution in [-0.4, -0.2) is 26.6 Å². The number of rotatable bonds is 3. The number of aromatic nitrogens is 4. The number of halogens is 1. The molecule has 0 spiro atoms. The normalized spacial score (nSPS) is 12.5. The molecule has 108 valence electrons. The summed E-state index contributed by atoms with van der Waals surface area (Å²) in [5.41, 5.74) is 2.51. The third-order valence-electron chi connectivity index (χ3n) is 3.40. The number of aromatic amines is 1. The number of hydrogen-bond donors (Lipinski definition) is 1. The van der Waals surface area contributed by atoms with Crippen molar-refractivity contribution >= 4 is 35.0 Å². The highest BCUT2D eigenvalue weighted by Gasteiger charge is 2.17. The SMILES string of the molecule is COc1ncnc2c1[nH]c(=S)n2C(C)c1ccc(Cl)cc1. The maximum atomic E-state index is 5.94. The smallest absolute Gasteiger partial charge is 0.242 e. The Hall–Kier alpha value is -1.92. The van der Waals surface area contributed by atoms with Gasteiger partial charge in [0, 0.05) is 5.02 Å². The van der Waals surface area contributed by atoms with E-state index in [4.69, 9.17) is 28.6 Å². The van der Waals surface area contributed by atoms with Crippen LogP contribution in [0.15, 0.2) is 30.6 Å². The van der Waals surface area contributed by atoms with E-state index in [-0.39, 0.29) is 6.04 Å². The summed E-state index contributed by atoms with van der Waals surface area (Å²) in [6, 6.07) is 7.70. The molecular weight excluding hydrogens is 308 g/mol. The molecule has 1 atom stereocenters. The molecule has 7 heteroatoms. The number of fused-ring (bicyclic) bond motifs is 1. The topological polar surface area (TPSA) is 55.7 Å². The molecule has 0 saturated heterocycles. The molecule has 5 nitrogen and oxygen atoms in total. The molecule has 0 aliphatic rings. The van der Waals surface area contributed by atoms with E-state index in [9.17, 15) is 0 Å². The molecule has 0 amide bonds. The van der Waals surface area contributed by atoms with Crippen LogP contribution in [-0.2, 0) is 0 Å². The van der Waals surface area contributed by atoms with Crippen molar-refractivity contribution in [3.63, 3.8) is 0 Å². The van der Waals surface area contributed by atoms with Crippen LogP contribution in [0, 0.1) is 4.77 Å². The summed E-state index contributed by atoms with van der Waals surface area (Å²) in [4.78, 5) is 11.5. The van der Waals surface area contributed by atoms with Gasteiger partial charge in [0.25, 0.3) is 0 Å². The lowest BCUT2D eigenvalue weighted by atomic mass is 10.1. The highest BCUT2D eigenvalue weighted by molar-refractivity contribution is 7.71. The van der Waals surface area contributed by atoms with Crippen molar-refractivity contribution in [1.29, 1.82) is 0 Å². The fourth-order valence-electron chi connectivity index (χ4n) is 2.32. The van der Waals surface area contributed by atoms with Gasteiger partial charge in [-0.1, -0.05) is 23.7 Å². The molecule has 0 aliphatic carbocycles. The third-order valence-corrected chi connectivity index (χ3v) is 3.96. The van der Waals surface area contributed by atoms with Crippen molar-refractivity contribution in [3.05, 3.63) is 45.9 Å². The second-order valence-electron chi connectivity index (χ2n) is 4.61. The summed E-state index contributed by atoms with van der Waals surface area (Å²) in [5, 5.41) is 0.706. The average Bonchev–Trinajstić information content (AvgIpc) is 2.83. The quantitative estimate of drug-likeness (QED) is 0.747. The lowest BCUT2D eigenvalue weighted by Crippen LogP contribution is -2.07. The molecule has 2 heterocycles. The second-order valence-corrected chi connectivity index (χ2v) is 5.43. The summed E-state index contributed by atoms with van der Waals surface area (Å²) in [6.45, 7) is 2.06. The van der Waals surface area contributed by atoms with Crippen LogP contribution in [0.4, 0.5) is 0 Å². The van der Waals surface area contributed by atoms with Crippen LogP contribution >= 0.6 is 23.8 Å². The van der Waals surface area contributed by atoms with Crippen molar-refractivity contribution < 1.29 is 4.74 Å². The second kappa shape index (κ2) is 5.46. The van der Waals surface area contributed by atoms with E-state index >= 15 is 0 Å². The minimum absolute atomic E-state index is 0.0168. The lowest BCUT2D eigenvalue weighted by molar-refractivity contribution is 0.401. The first-order valence-corrected chi connectivity index (χ1v) is 7.15. The molecular formula is C14H13ClN4OS. The van der Waals surface area contributed by atoms with E-state index in [1.54, 1.807) is 7.11 Å². The molecule has 3 rings (SSSR count). The number of benzene rings is 1. The van der Waals surface area contributed by atoms with Gasteiger partial charge in [-0.2, -0.15) is 4.98 Å². The van der Waals surface area contributed by atoms with Gasteiger partial charge in [0.2, 0.25) is 5.88 Å².